The Morgan fingerprint density at radius 1 is 1.50 bits per heavy atom. The normalized spacial score (nSPS) is 14.8. The second-order valence-corrected chi connectivity index (χ2v) is 5.21. The van der Waals surface area contributed by atoms with E-state index in [1.165, 1.54) is 11.3 Å². The maximum Gasteiger partial charge on any atom is 0.317 e. The minimum absolute atomic E-state index is 0.0874. The number of anilines is 1. The van der Waals surface area contributed by atoms with E-state index < -0.39 is 0 Å². The van der Waals surface area contributed by atoms with Crippen molar-refractivity contribution in [3.8, 4) is 0 Å². The second kappa shape index (κ2) is 6.61. The molecule has 1 heterocycles. The van der Waals surface area contributed by atoms with Gasteiger partial charge in [0.1, 0.15) is 0 Å². The minimum atomic E-state index is -0.347. The standard InChI is InChI=1S/C15H23N3O2/c1-3-17(13-6-4-5-12(2)9-13)8-7-16-15(20)18-10-14(19)11-18/h4-6,9,14,19H,3,7-8,10-11H2,1-2H3,(H,16,20). The molecule has 0 aliphatic carbocycles. The van der Waals surface area contributed by atoms with Gasteiger partial charge in [0.05, 0.1) is 19.2 Å². The molecule has 5 nitrogen and oxygen atoms in total. The lowest BCUT2D eigenvalue weighted by Gasteiger charge is -2.36. The van der Waals surface area contributed by atoms with Gasteiger partial charge in [-0.2, -0.15) is 0 Å². The van der Waals surface area contributed by atoms with E-state index in [1.54, 1.807) is 4.90 Å². The van der Waals surface area contributed by atoms with Crippen molar-refractivity contribution in [1.82, 2.24) is 10.2 Å². The molecule has 1 fully saturated rings. The van der Waals surface area contributed by atoms with Crippen molar-refractivity contribution in [3.63, 3.8) is 0 Å². The molecular formula is C15H23N3O2. The van der Waals surface area contributed by atoms with Gasteiger partial charge in [-0.25, -0.2) is 4.79 Å². The zero-order valence-electron chi connectivity index (χ0n) is 12.2. The molecule has 5 heteroatoms. The summed E-state index contributed by atoms with van der Waals surface area (Å²) in [7, 11) is 0. The number of hydrogen-bond donors (Lipinski definition) is 2. The number of benzene rings is 1. The lowest BCUT2D eigenvalue weighted by Crippen LogP contribution is -2.57. The minimum Gasteiger partial charge on any atom is -0.389 e. The smallest absolute Gasteiger partial charge is 0.317 e. The number of rotatable bonds is 5. The number of carbonyl (C=O) groups excluding carboxylic acids is 1. The van der Waals surface area contributed by atoms with E-state index in [4.69, 9.17) is 5.11 Å². The van der Waals surface area contributed by atoms with E-state index in [0.29, 0.717) is 19.6 Å². The Labute approximate surface area is 120 Å². The van der Waals surface area contributed by atoms with Crippen molar-refractivity contribution >= 4 is 11.7 Å². The van der Waals surface area contributed by atoms with Gasteiger partial charge in [0.15, 0.2) is 0 Å². The molecule has 0 unspecified atom stereocenters. The highest BCUT2D eigenvalue weighted by Crippen LogP contribution is 2.15. The first-order valence-electron chi connectivity index (χ1n) is 7.12. The third-order valence-electron chi connectivity index (χ3n) is 3.56. The molecule has 1 aliphatic heterocycles. The number of nitrogens with zero attached hydrogens (tertiary/aromatic N) is 2. The average Bonchev–Trinajstić information content (AvgIpc) is 2.40. The molecule has 0 aromatic heterocycles. The number of amides is 2. The predicted octanol–water partition coefficient (Wildman–Crippen LogP) is 1.21. The van der Waals surface area contributed by atoms with Gasteiger partial charge in [-0.1, -0.05) is 12.1 Å². The van der Waals surface area contributed by atoms with E-state index >= 15 is 0 Å². The Kier molecular flexibility index (Phi) is 4.84. The van der Waals surface area contributed by atoms with Crippen molar-refractivity contribution < 1.29 is 9.90 Å². The third-order valence-corrected chi connectivity index (χ3v) is 3.56. The summed E-state index contributed by atoms with van der Waals surface area (Å²) in [6.45, 7) is 7.36. The van der Waals surface area contributed by atoms with Gasteiger partial charge in [0.2, 0.25) is 0 Å². The molecule has 2 N–H and O–H groups in total. The molecule has 1 aliphatic rings. The maximum atomic E-state index is 11.7. The van der Waals surface area contributed by atoms with Gasteiger partial charge in [-0.15, -0.1) is 0 Å². The molecule has 0 saturated carbocycles. The van der Waals surface area contributed by atoms with Crippen LogP contribution in [0.5, 0.6) is 0 Å². The van der Waals surface area contributed by atoms with Gasteiger partial charge in [-0.05, 0) is 31.5 Å². The Bertz CT molecular complexity index is 458. The highest BCUT2D eigenvalue weighted by Gasteiger charge is 2.28. The van der Waals surface area contributed by atoms with Gasteiger partial charge < -0.3 is 20.2 Å². The highest BCUT2D eigenvalue weighted by molar-refractivity contribution is 5.75. The summed E-state index contributed by atoms with van der Waals surface area (Å²) < 4.78 is 0. The Hall–Kier alpha value is -1.75. The van der Waals surface area contributed by atoms with Crippen LogP contribution in [0.2, 0.25) is 0 Å². The average molecular weight is 277 g/mol. The molecule has 0 atom stereocenters. The van der Waals surface area contributed by atoms with E-state index in [1.807, 2.05) is 6.07 Å². The van der Waals surface area contributed by atoms with E-state index in [0.717, 1.165) is 13.1 Å². The number of aryl methyl sites for hydroxylation is 1. The zero-order valence-corrected chi connectivity index (χ0v) is 12.2. The fraction of sp³-hybridized carbons (Fsp3) is 0.533. The lowest BCUT2D eigenvalue weighted by molar-refractivity contribution is 0.0267. The largest absolute Gasteiger partial charge is 0.389 e. The third kappa shape index (κ3) is 3.63. The zero-order chi connectivity index (χ0) is 14.5. The van der Waals surface area contributed by atoms with Gasteiger partial charge in [0, 0.05) is 25.3 Å². The Morgan fingerprint density at radius 3 is 2.85 bits per heavy atom. The monoisotopic (exact) mass is 277 g/mol. The Balaban J connectivity index is 1.78. The summed E-state index contributed by atoms with van der Waals surface area (Å²) in [6.07, 6.45) is -0.347. The fourth-order valence-corrected chi connectivity index (χ4v) is 2.33. The summed E-state index contributed by atoms with van der Waals surface area (Å²) in [4.78, 5) is 15.6. The van der Waals surface area contributed by atoms with Crippen LogP contribution in [-0.2, 0) is 0 Å². The molecule has 1 aromatic rings. The van der Waals surface area contributed by atoms with Crippen LogP contribution >= 0.6 is 0 Å². The first kappa shape index (κ1) is 14.7. The molecule has 2 rings (SSSR count). The number of nitrogens with one attached hydrogen (secondary N) is 1. The molecule has 1 aromatic carbocycles. The van der Waals surface area contributed by atoms with Crippen LogP contribution in [0.1, 0.15) is 12.5 Å². The quantitative estimate of drug-likeness (QED) is 0.850. The maximum absolute atomic E-state index is 11.7. The molecule has 0 bridgehead atoms. The van der Waals surface area contributed by atoms with Crippen molar-refractivity contribution in [2.24, 2.45) is 0 Å². The molecule has 20 heavy (non-hydrogen) atoms. The summed E-state index contributed by atoms with van der Waals surface area (Å²) in [5.41, 5.74) is 2.42. The van der Waals surface area contributed by atoms with Crippen LogP contribution in [0.3, 0.4) is 0 Å². The van der Waals surface area contributed by atoms with Crippen molar-refractivity contribution in [1.29, 1.82) is 0 Å². The summed E-state index contributed by atoms with van der Waals surface area (Å²) >= 11 is 0. The number of likely N-dealkylation sites (N-methyl/N-ethyl adjacent to an activating group) is 1. The number of carbonyl (C=O) groups is 1. The lowest BCUT2D eigenvalue weighted by atomic mass is 10.2. The van der Waals surface area contributed by atoms with E-state index in [-0.39, 0.29) is 12.1 Å². The fourth-order valence-electron chi connectivity index (χ4n) is 2.33. The van der Waals surface area contributed by atoms with Crippen LogP contribution in [0.4, 0.5) is 10.5 Å². The first-order valence-corrected chi connectivity index (χ1v) is 7.12. The number of aliphatic hydroxyl groups excluding tert-OH is 1. The van der Waals surface area contributed by atoms with Gasteiger partial charge in [-0.3, -0.25) is 0 Å². The number of aliphatic hydroxyl groups is 1. The van der Waals surface area contributed by atoms with Crippen molar-refractivity contribution in [2.75, 3.05) is 37.6 Å². The molecule has 110 valence electrons. The van der Waals surface area contributed by atoms with Crippen molar-refractivity contribution in [3.05, 3.63) is 29.8 Å². The number of hydrogen-bond acceptors (Lipinski definition) is 3. The van der Waals surface area contributed by atoms with Crippen LogP contribution < -0.4 is 10.2 Å². The number of likely N-dealkylation sites (tertiary alicyclic amines) is 1. The first-order chi connectivity index (χ1) is 9.60. The molecular weight excluding hydrogens is 254 g/mol. The number of urea groups is 1. The van der Waals surface area contributed by atoms with Crippen LogP contribution in [0.15, 0.2) is 24.3 Å². The van der Waals surface area contributed by atoms with Gasteiger partial charge in [0.25, 0.3) is 0 Å². The van der Waals surface area contributed by atoms with Gasteiger partial charge >= 0.3 is 6.03 Å². The second-order valence-electron chi connectivity index (χ2n) is 5.21. The summed E-state index contributed by atoms with van der Waals surface area (Å²) in [5.74, 6) is 0. The van der Waals surface area contributed by atoms with Crippen LogP contribution in [0, 0.1) is 6.92 Å². The molecule has 2 amide bonds. The summed E-state index contributed by atoms with van der Waals surface area (Å²) in [5, 5.41) is 12.1. The van der Waals surface area contributed by atoms with E-state index in [2.05, 4.69) is 42.3 Å². The van der Waals surface area contributed by atoms with Crippen LogP contribution in [-0.4, -0.2) is 54.9 Å². The molecule has 0 spiro atoms. The SMILES string of the molecule is CCN(CCNC(=O)N1CC(O)C1)c1cccc(C)c1. The van der Waals surface area contributed by atoms with Crippen molar-refractivity contribution in [2.45, 2.75) is 20.0 Å². The Morgan fingerprint density at radius 2 is 2.25 bits per heavy atom. The van der Waals surface area contributed by atoms with Crippen LogP contribution in [0.25, 0.3) is 0 Å². The summed E-state index contributed by atoms with van der Waals surface area (Å²) in [6, 6.07) is 8.28. The van der Waals surface area contributed by atoms with E-state index in [9.17, 15) is 4.79 Å². The molecule has 1 saturated heterocycles. The highest BCUT2D eigenvalue weighted by atomic mass is 16.3. The predicted molar refractivity (Wildman–Crippen MR) is 80.0 cm³/mol. The topological polar surface area (TPSA) is 55.8 Å². The molecule has 0 radical (unpaired) electrons. The number of β-amino-alcohol motifs (C(OH)–C–C–N with tert-alkyl or cyclic N) is 1.